The molecule has 0 aliphatic heterocycles. The fourth-order valence-electron chi connectivity index (χ4n) is 3.21. The Morgan fingerprint density at radius 2 is 1.74 bits per heavy atom. The van der Waals surface area contributed by atoms with Gasteiger partial charge in [-0.05, 0) is 42.9 Å². The molecule has 0 saturated carbocycles. The Labute approximate surface area is 110 Å². The van der Waals surface area contributed by atoms with Gasteiger partial charge in [0.2, 0.25) is 0 Å². The van der Waals surface area contributed by atoms with Crippen LogP contribution < -0.4 is 5.63 Å². The van der Waals surface area contributed by atoms with Gasteiger partial charge < -0.3 is 4.42 Å². The molecule has 0 N–H and O–H groups in total. The SMILES string of the molecule is O=c1oc2ccccc2c2ccc3c(c12)CCCC3. The summed E-state index contributed by atoms with van der Waals surface area (Å²) in [6.45, 7) is 0. The van der Waals surface area contributed by atoms with E-state index < -0.39 is 0 Å². The molecule has 3 aromatic rings. The first kappa shape index (κ1) is 10.8. The highest BCUT2D eigenvalue weighted by molar-refractivity contribution is 6.05. The minimum Gasteiger partial charge on any atom is -0.422 e. The van der Waals surface area contributed by atoms with Gasteiger partial charge in [-0.2, -0.15) is 0 Å². The lowest BCUT2D eigenvalue weighted by Gasteiger charge is -2.17. The van der Waals surface area contributed by atoms with Crippen LogP contribution in [0.25, 0.3) is 21.7 Å². The van der Waals surface area contributed by atoms with Gasteiger partial charge in [0, 0.05) is 10.8 Å². The van der Waals surface area contributed by atoms with Crippen LogP contribution in [0.2, 0.25) is 0 Å². The number of aryl methyl sites for hydroxylation is 2. The molecule has 2 nitrogen and oxygen atoms in total. The Morgan fingerprint density at radius 1 is 0.895 bits per heavy atom. The smallest absolute Gasteiger partial charge is 0.344 e. The molecule has 94 valence electrons. The van der Waals surface area contributed by atoms with Gasteiger partial charge >= 0.3 is 5.63 Å². The van der Waals surface area contributed by atoms with E-state index in [4.69, 9.17) is 4.42 Å². The number of benzene rings is 2. The van der Waals surface area contributed by atoms with Crippen LogP contribution in [0.3, 0.4) is 0 Å². The maximum Gasteiger partial charge on any atom is 0.344 e. The number of para-hydroxylation sites is 1. The van der Waals surface area contributed by atoms with Crippen LogP contribution >= 0.6 is 0 Å². The Bertz CT molecular complexity index is 843. The number of rotatable bonds is 0. The van der Waals surface area contributed by atoms with Crippen molar-refractivity contribution in [1.29, 1.82) is 0 Å². The van der Waals surface area contributed by atoms with Crippen molar-refractivity contribution in [2.75, 3.05) is 0 Å². The topological polar surface area (TPSA) is 30.2 Å². The monoisotopic (exact) mass is 250 g/mol. The zero-order valence-electron chi connectivity index (χ0n) is 10.6. The van der Waals surface area contributed by atoms with E-state index in [2.05, 4.69) is 12.1 Å². The molecule has 2 aromatic carbocycles. The highest BCUT2D eigenvalue weighted by Crippen LogP contribution is 2.30. The lowest BCUT2D eigenvalue weighted by Crippen LogP contribution is -2.09. The van der Waals surface area contributed by atoms with Gasteiger partial charge in [-0.25, -0.2) is 4.79 Å². The molecule has 1 aliphatic rings. The van der Waals surface area contributed by atoms with Crippen LogP contribution in [-0.2, 0) is 12.8 Å². The number of fused-ring (bicyclic) bond motifs is 5. The minimum atomic E-state index is -0.188. The first-order valence-corrected chi connectivity index (χ1v) is 6.81. The second kappa shape index (κ2) is 3.95. The van der Waals surface area contributed by atoms with E-state index >= 15 is 0 Å². The van der Waals surface area contributed by atoms with Crippen LogP contribution in [0.15, 0.2) is 45.6 Å². The predicted molar refractivity (Wildman–Crippen MR) is 76.6 cm³/mol. The van der Waals surface area contributed by atoms with Crippen LogP contribution in [0.4, 0.5) is 0 Å². The quantitative estimate of drug-likeness (QED) is 0.448. The molecule has 0 amide bonds. The molecular formula is C17H14O2. The number of hydrogen-bond donors (Lipinski definition) is 0. The molecule has 0 spiro atoms. The van der Waals surface area contributed by atoms with Gasteiger partial charge in [0.25, 0.3) is 0 Å². The van der Waals surface area contributed by atoms with E-state index in [0.717, 1.165) is 29.0 Å². The summed E-state index contributed by atoms with van der Waals surface area (Å²) in [5, 5.41) is 2.87. The van der Waals surface area contributed by atoms with Crippen molar-refractivity contribution in [2.24, 2.45) is 0 Å². The lowest BCUT2D eigenvalue weighted by molar-refractivity contribution is 0.568. The molecule has 1 aromatic heterocycles. The summed E-state index contributed by atoms with van der Waals surface area (Å²) < 4.78 is 5.49. The first-order chi connectivity index (χ1) is 9.34. The van der Waals surface area contributed by atoms with Crippen LogP contribution in [0.1, 0.15) is 24.0 Å². The van der Waals surface area contributed by atoms with E-state index in [1.54, 1.807) is 0 Å². The Balaban J connectivity index is 2.24. The van der Waals surface area contributed by atoms with Gasteiger partial charge in [0.15, 0.2) is 0 Å². The Hall–Kier alpha value is -2.09. The van der Waals surface area contributed by atoms with E-state index in [1.165, 1.54) is 24.0 Å². The molecule has 0 unspecified atom stereocenters. The second-order valence-electron chi connectivity index (χ2n) is 5.22. The largest absolute Gasteiger partial charge is 0.422 e. The summed E-state index contributed by atoms with van der Waals surface area (Å²) in [5.41, 5.74) is 3.02. The first-order valence-electron chi connectivity index (χ1n) is 6.81. The summed E-state index contributed by atoms with van der Waals surface area (Å²) in [7, 11) is 0. The van der Waals surface area contributed by atoms with E-state index in [1.807, 2.05) is 24.3 Å². The molecule has 0 fully saturated rings. The Kier molecular flexibility index (Phi) is 2.25. The van der Waals surface area contributed by atoms with Crippen molar-refractivity contribution in [2.45, 2.75) is 25.7 Å². The minimum absolute atomic E-state index is 0.188. The molecule has 0 atom stereocenters. The molecular weight excluding hydrogens is 236 g/mol. The van der Waals surface area contributed by atoms with Crippen molar-refractivity contribution in [3.05, 3.63) is 57.9 Å². The van der Waals surface area contributed by atoms with Gasteiger partial charge in [0.1, 0.15) is 5.58 Å². The second-order valence-corrected chi connectivity index (χ2v) is 5.22. The maximum atomic E-state index is 12.3. The highest BCUT2D eigenvalue weighted by atomic mass is 16.4. The summed E-state index contributed by atoms with van der Waals surface area (Å²) in [5.74, 6) is 0. The fraction of sp³-hybridized carbons (Fsp3) is 0.235. The third kappa shape index (κ3) is 1.53. The van der Waals surface area contributed by atoms with Gasteiger partial charge in [0.05, 0.1) is 5.39 Å². The predicted octanol–water partition coefficient (Wildman–Crippen LogP) is 3.83. The third-order valence-corrected chi connectivity index (χ3v) is 4.12. The zero-order chi connectivity index (χ0) is 12.8. The zero-order valence-corrected chi connectivity index (χ0v) is 10.6. The molecule has 0 saturated heterocycles. The van der Waals surface area contributed by atoms with Crippen LogP contribution in [-0.4, -0.2) is 0 Å². The normalized spacial score (nSPS) is 14.7. The van der Waals surface area contributed by atoms with Crippen molar-refractivity contribution in [3.63, 3.8) is 0 Å². The number of hydrogen-bond acceptors (Lipinski definition) is 2. The summed E-state index contributed by atoms with van der Waals surface area (Å²) in [6, 6.07) is 12.0. The molecule has 1 heterocycles. The third-order valence-electron chi connectivity index (χ3n) is 4.12. The van der Waals surface area contributed by atoms with E-state index in [0.29, 0.717) is 5.58 Å². The summed E-state index contributed by atoms with van der Waals surface area (Å²) >= 11 is 0. The van der Waals surface area contributed by atoms with E-state index in [-0.39, 0.29) is 5.63 Å². The standard InChI is InChI=1S/C17H14O2/c18-17-16-12-6-2-1-5-11(12)9-10-14(16)13-7-3-4-8-15(13)19-17/h3-4,7-10H,1-2,5-6H2. The maximum absolute atomic E-state index is 12.3. The van der Waals surface area contributed by atoms with Crippen molar-refractivity contribution in [3.8, 4) is 0 Å². The molecule has 4 rings (SSSR count). The van der Waals surface area contributed by atoms with Crippen molar-refractivity contribution >= 4 is 21.7 Å². The fourth-order valence-corrected chi connectivity index (χ4v) is 3.21. The van der Waals surface area contributed by atoms with Gasteiger partial charge in [-0.1, -0.05) is 30.3 Å². The molecule has 0 radical (unpaired) electrons. The lowest BCUT2D eigenvalue weighted by atomic mass is 9.88. The Morgan fingerprint density at radius 3 is 2.68 bits per heavy atom. The van der Waals surface area contributed by atoms with Crippen LogP contribution in [0, 0.1) is 0 Å². The molecule has 0 bridgehead atoms. The molecule has 1 aliphatic carbocycles. The summed E-state index contributed by atoms with van der Waals surface area (Å²) in [4.78, 5) is 12.3. The van der Waals surface area contributed by atoms with Gasteiger partial charge in [-0.15, -0.1) is 0 Å². The average molecular weight is 250 g/mol. The molecule has 19 heavy (non-hydrogen) atoms. The van der Waals surface area contributed by atoms with Gasteiger partial charge in [-0.3, -0.25) is 0 Å². The van der Waals surface area contributed by atoms with Crippen LogP contribution in [0.5, 0.6) is 0 Å². The summed E-state index contributed by atoms with van der Waals surface area (Å²) in [6.07, 6.45) is 4.46. The molecule has 2 heteroatoms. The van der Waals surface area contributed by atoms with Crippen molar-refractivity contribution in [1.82, 2.24) is 0 Å². The average Bonchev–Trinajstić information content (AvgIpc) is 2.46. The van der Waals surface area contributed by atoms with E-state index in [9.17, 15) is 4.79 Å². The van der Waals surface area contributed by atoms with Crippen molar-refractivity contribution < 1.29 is 4.42 Å². The highest BCUT2D eigenvalue weighted by Gasteiger charge is 2.17.